The van der Waals surface area contributed by atoms with Gasteiger partial charge in [0.25, 0.3) is 0 Å². The van der Waals surface area contributed by atoms with Crippen molar-refractivity contribution in [2.45, 2.75) is 44.4 Å². The summed E-state index contributed by atoms with van der Waals surface area (Å²) in [6.45, 7) is 4.74. The van der Waals surface area contributed by atoms with E-state index in [1.54, 1.807) is 0 Å². The molecule has 1 aromatic heterocycles. The highest BCUT2D eigenvalue weighted by molar-refractivity contribution is 7.11. The molecule has 1 saturated carbocycles. The summed E-state index contributed by atoms with van der Waals surface area (Å²) in [5, 5.41) is 10.5. The largest absolute Gasteiger partial charge is 0.394 e. The molecule has 100 valence electrons. The Balaban J connectivity index is 1.62. The Morgan fingerprint density at radius 2 is 2.39 bits per heavy atom. The lowest BCUT2D eigenvalue weighted by atomic mass is 10.2. The highest BCUT2D eigenvalue weighted by atomic mass is 32.1. The van der Waals surface area contributed by atoms with Gasteiger partial charge in [0.05, 0.1) is 24.3 Å². The van der Waals surface area contributed by atoms with Gasteiger partial charge in [-0.1, -0.05) is 0 Å². The van der Waals surface area contributed by atoms with Gasteiger partial charge in [0.1, 0.15) is 0 Å². The Labute approximate surface area is 112 Å². The quantitative estimate of drug-likeness (QED) is 0.901. The third-order valence-corrected chi connectivity index (χ3v) is 4.84. The molecule has 3 rings (SSSR count). The molecule has 1 saturated heterocycles. The molecule has 0 spiro atoms. The van der Waals surface area contributed by atoms with Gasteiger partial charge in [-0.05, 0) is 19.8 Å². The molecule has 1 aliphatic heterocycles. The second kappa shape index (κ2) is 5.25. The van der Waals surface area contributed by atoms with E-state index in [1.807, 2.05) is 17.5 Å². The second-order valence-electron chi connectivity index (χ2n) is 5.36. The Bertz CT molecular complexity index is 405. The molecular weight excluding hydrogens is 248 g/mol. The summed E-state index contributed by atoms with van der Waals surface area (Å²) in [5.74, 6) is 0.746. The van der Waals surface area contributed by atoms with E-state index in [9.17, 15) is 5.11 Å². The molecule has 2 heterocycles. The van der Waals surface area contributed by atoms with Crippen molar-refractivity contribution in [3.05, 3.63) is 16.1 Å². The lowest BCUT2D eigenvalue weighted by Crippen LogP contribution is -2.48. The second-order valence-corrected chi connectivity index (χ2v) is 6.50. The lowest BCUT2D eigenvalue weighted by molar-refractivity contribution is -0.0803. The molecule has 0 bridgehead atoms. The van der Waals surface area contributed by atoms with E-state index >= 15 is 0 Å². The normalized spacial score (nSPS) is 29.7. The number of rotatable bonds is 4. The SMILES string of the molecule is CC1COC(CO)CN1Cc1cnc(C2CC2)s1. The van der Waals surface area contributed by atoms with Crippen molar-refractivity contribution in [1.82, 2.24) is 9.88 Å². The van der Waals surface area contributed by atoms with Crippen LogP contribution < -0.4 is 0 Å². The summed E-state index contributed by atoms with van der Waals surface area (Å²) in [6.07, 6.45) is 4.62. The first-order valence-electron chi connectivity index (χ1n) is 6.67. The zero-order valence-electron chi connectivity index (χ0n) is 10.7. The first-order valence-corrected chi connectivity index (χ1v) is 7.49. The van der Waals surface area contributed by atoms with Gasteiger partial charge in [0.15, 0.2) is 0 Å². The minimum absolute atomic E-state index is 0.0305. The van der Waals surface area contributed by atoms with Crippen LogP contribution in [0.3, 0.4) is 0 Å². The highest BCUT2D eigenvalue weighted by Crippen LogP contribution is 2.41. The number of ether oxygens (including phenoxy) is 1. The molecule has 0 aromatic carbocycles. The van der Waals surface area contributed by atoms with E-state index in [-0.39, 0.29) is 12.7 Å². The Morgan fingerprint density at radius 1 is 1.56 bits per heavy atom. The topological polar surface area (TPSA) is 45.6 Å². The first-order chi connectivity index (χ1) is 8.76. The van der Waals surface area contributed by atoms with Crippen molar-refractivity contribution in [2.75, 3.05) is 19.8 Å². The molecule has 18 heavy (non-hydrogen) atoms. The van der Waals surface area contributed by atoms with Gasteiger partial charge in [-0.25, -0.2) is 4.98 Å². The Morgan fingerprint density at radius 3 is 3.11 bits per heavy atom. The molecule has 4 nitrogen and oxygen atoms in total. The van der Waals surface area contributed by atoms with Crippen molar-refractivity contribution in [2.24, 2.45) is 0 Å². The minimum Gasteiger partial charge on any atom is -0.394 e. The van der Waals surface area contributed by atoms with Gasteiger partial charge >= 0.3 is 0 Å². The van der Waals surface area contributed by atoms with Crippen LogP contribution in [0, 0.1) is 0 Å². The predicted molar refractivity (Wildman–Crippen MR) is 70.8 cm³/mol. The summed E-state index contributed by atoms with van der Waals surface area (Å²) < 4.78 is 5.56. The van der Waals surface area contributed by atoms with Crippen LogP contribution in [0.1, 0.15) is 35.6 Å². The number of aliphatic hydroxyl groups excluding tert-OH is 1. The van der Waals surface area contributed by atoms with Crippen LogP contribution in [-0.4, -0.2) is 46.9 Å². The third-order valence-electron chi connectivity index (χ3n) is 3.70. The van der Waals surface area contributed by atoms with Crippen LogP contribution in [0.5, 0.6) is 0 Å². The Kier molecular flexibility index (Phi) is 3.66. The van der Waals surface area contributed by atoms with Gasteiger partial charge < -0.3 is 9.84 Å². The molecule has 5 heteroatoms. The van der Waals surface area contributed by atoms with Gasteiger partial charge in [-0.15, -0.1) is 11.3 Å². The molecule has 0 amide bonds. The van der Waals surface area contributed by atoms with E-state index in [2.05, 4.69) is 16.8 Å². The fourth-order valence-corrected chi connectivity index (χ4v) is 3.43. The van der Waals surface area contributed by atoms with Gasteiger partial charge in [0, 0.05) is 36.1 Å². The molecule has 2 aliphatic rings. The molecule has 1 N–H and O–H groups in total. The fraction of sp³-hybridized carbons (Fsp3) is 0.769. The molecule has 0 radical (unpaired) electrons. The van der Waals surface area contributed by atoms with Gasteiger partial charge in [0.2, 0.25) is 0 Å². The van der Waals surface area contributed by atoms with Crippen molar-refractivity contribution in [1.29, 1.82) is 0 Å². The van der Waals surface area contributed by atoms with E-state index in [4.69, 9.17) is 4.74 Å². The number of morpholine rings is 1. The maximum atomic E-state index is 9.18. The molecule has 2 unspecified atom stereocenters. The summed E-state index contributed by atoms with van der Waals surface area (Å²) in [4.78, 5) is 8.24. The molecular formula is C13H20N2O2S. The number of hydrogen-bond donors (Lipinski definition) is 1. The molecule has 1 aliphatic carbocycles. The standard InChI is InChI=1S/C13H20N2O2S/c1-9-8-17-11(7-16)5-15(9)6-12-4-14-13(18-12)10-2-3-10/h4,9-11,16H,2-3,5-8H2,1H3. The van der Waals surface area contributed by atoms with Crippen LogP contribution >= 0.6 is 11.3 Å². The summed E-state index contributed by atoms with van der Waals surface area (Å²) in [5.41, 5.74) is 0. The van der Waals surface area contributed by atoms with Crippen molar-refractivity contribution >= 4 is 11.3 Å². The van der Waals surface area contributed by atoms with Crippen LogP contribution in [0.2, 0.25) is 0 Å². The number of nitrogens with zero attached hydrogens (tertiary/aromatic N) is 2. The van der Waals surface area contributed by atoms with Crippen molar-refractivity contribution < 1.29 is 9.84 Å². The summed E-state index contributed by atoms with van der Waals surface area (Å²) in [7, 11) is 0. The monoisotopic (exact) mass is 268 g/mol. The minimum atomic E-state index is -0.0305. The van der Waals surface area contributed by atoms with E-state index < -0.39 is 0 Å². The summed E-state index contributed by atoms with van der Waals surface area (Å²) >= 11 is 1.85. The van der Waals surface area contributed by atoms with Gasteiger partial charge in [-0.3, -0.25) is 4.90 Å². The lowest BCUT2D eigenvalue weighted by Gasteiger charge is -2.37. The predicted octanol–water partition coefficient (Wildman–Crippen LogP) is 1.60. The van der Waals surface area contributed by atoms with Crippen molar-refractivity contribution in [3.63, 3.8) is 0 Å². The fourth-order valence-electron chi connectivity index (χ4n) is 2.32. The smallest absolute Gasteiger partial charge is 0.0959 e. The van der Waals surface area contributed by atoms with E-state index in [0.29, 0.717) is 12.6 Å². The Hall–Kier alpha value is -0.490. The van der Waals surface area contributed by atoms with Crippen LogP contribution in [0.4, 0.5) is 0 Å². The van der Waals surface area contributed by atoms with Crippen LogP contribution in [-0.2, 0) is 11.3 Å². The van der Waals surface area contributed by atoms with Crippen molar-refractivity contribution in [3.8, 4) is 0 Å². The average molecular weight is 268 g/mol. The highest BCUT2D eigenvalue weighted by Gasteiger charge is 2.28. The number of hydrogen-bond acceptors (Lipinski definition) is 5. The molecule has 2 fully saturated rings. The molecule has 1 aromatic rings. The van der Waals surface area contributed by atoms with Gasteiger partial charge in [-0.2, -0.15) is 0 Å². The average Bonchev–Trinajstić information content (AvgIpc) is 3.13. The maximum Gasteiger partial charge on any atom is 0.0959 e. The summed E-state index contributed by atoms with van der Waals surface area (Å²) in [6, 6.07) is 0.416. The molecule has 2 atom stereocenters. The number of aliphatic hydroxyl groups is 1. The third kappa shape index (κ3) is 2.74. The maximum absolute atomic E-state index is 9.18. The number of aromatic nitrogens is 1. The van der Waals surface area contributed by atoms with Crippen LogP contribution in [0.15, 0.2) is 6.20 Å². The van der Waals surface area contributed by atoms with E-state index in [1.165, 1.54) is 22.7 Å². The van der Waals surface area contributed by atoms with Crippen LogP contribution in [0.25, 0.3) is 0 Å². The zero-order valence-corrected chi connectivity index (χ0v) is 11.5. The first kappa shape index (κ1) is 12.5. The van der Waals surface area contributed by atoms with E-state index in [0.717, 1.165) is 19.0 Å². The number of thiazole rings is 1. The zero-order chi connectivity index (χ0) is 12.5.